The van der Waals surface area contributed by atoms with Crippen molar-refractivity contribution in [1.82, 2.24) is 5.32 Å². The summed E-state index contributed by atoms with van der Waals surface area (Å²) >= 11 is 6.16. The zero-order valence-corrected chi connectivity index (χ0v) is 11.1. The minimum Gasteiger partial charge on any atom is -0.365 e. The average molecular weight is 269 g/mol. The topological polar surface area (TPSA) is 15.3 Å². The van der Waals surface area contributed by atoms with Crippen LogP contribution in [-0.4, -0.2) is 25.2 Å². The first-order valence-corrected chi connectivity index (χ1v) is 7.02. The highest BCUT2D eigenvalue weighted by Gasteiger charge is 2.38. The van der Waals surface area contributed by atoms with Crippen molar-refractivity contribution in [1.29, 1.82) is 0 Å². The molecule has 1 spiro atoms. The molecule has 1 heterocycles. The van der Waals surface area contributed by atoms with Gasteiger partial charge in [-0.2, -0.15) is 0 Å². The van der Waals surface area contributed by atoms with E-state index in [1.54, 1.807) is 12.1 Å². The van der Waals surface area contributed by atoms with Crippen LogP contribution in [0, 0.1) is 5.82 Å². The quantitative estimate of drug-likeness (QED) is 0.841. The third-order valence-electron chi connectivity index (χ3n) is 4.19. The molecule has 1 saturated heterocycles. The fourth-order valence-electron chi connectivity index (χ4n) is 3.32. The Hall–Kier alpha value is -0.800. The second-order valence-electron chi connectivity index (χ2n) is 5.41. The number of piperazine rings is 1. The van der Waals surface area contributed by atoms with E-state index >= 15 is 0 Å². The largest absolute Gasteiger partial charge is 0.365 e. The van der Waals surface area contributed by atoms with Gasteiger partial charge in [0.2, 0.25) is 0 Å². The standard InChI is InChI=1S/C14H18ClFN2/c15-11-4-3-5-12(16)13(11)18-9-8-17-14(10-18)6-1-2-7-14/h3-5,17H,1-2,6-10H2. The third kappa shape index (κ3) is 2.10. The normalized spacial score (nSPS) is 22.7. The van der Waals surface area contributed by atoms with Crippen LogP contribution in [-0.2, 0) is 0 Å². The molecule has 98 valence electrons. The Bertz CT molecular complexity index is 423. The lowest BCUT2D eigenvalue weighted by atomic mass is 9.94. The van der Waals surface area contributed by atoms with Crippen molar-refractivity contribution in [3.8, 4) is 0 Å². The number of hydrogen-bond donors (Lipinski definition) is 1. The van der Waals surface area contributed by atoms with E-state index in [4.69, 9.17) is 11.6 Å². The second kappa shape index (κ2) is 4.71. The Labute approximate surface area is 112 Å². The Morgan fingerprint density at radius 2 is 2.06 bits per heavy atom. The van der Waals surface area contributed by atoms with E-state index in [0.29, 0.717) is 10.7 Å². The Morgan fingerprint density at radius 1 is 1.28 bits per heavy atom. The molecule has 1 aromatic rings. The van der Waals surface area contributed by atoms with E-state index in [1.165, 1.54) is 31.7 Å². The van der Waals surface area contributed by atoms with Gasteiger partial charge in [0, 0.05) is 25.2 Å². The van der Waals surface area contributed by atoms with E-state index in [2.05, 4.69) is 10.2 Å². The summed E-state index contributed by atoms with van der Waals surface area (Å²) in [5.41, 5.74) is 0.760. The van der Waals surface area contributed by atoms with Crippen molar-refractivity contribution in [3.05, 3.63) is 29.0 Å². The van der Waals surface area contributed by atoms with Gasteiger partial charge in [-0.1, -0.05) is 30.5 Å². The van der Waals surface area contributed by atoms with Crippen LogP contribution in [0.25, 0.3) is 0 Å². The van der Waals surface area contributed by atoms with Crippen molar-refractivity contribution < 1.29 is 4.39 Å². The van der Waals surface area contributed by atoms with Crippen LogP contribution in [0.4, 0.5) is 10.1 Å². The highest BCUT2D eigenvalue weighted by molar-refractivity contribution is 6.33. The zero-order valence-electron chi connectivity index (χ0n) is 10.4. The van der Waals surface area contributed by atoms with Crippen LogP contribution < -0.4 is 10.2 Å². The fourth-order valence-corrected chi connectivity index (χ4v) is 3.61. The molecule has 0 amide bonds. The average Bonchev–Trinajstić information content (AvgIpc) is 2.77. The molecular formula is C14H18ClFN2. The van der Waals surface area contributed by atoms with Crippen LogP contribution in [0.2, 0.25) is 5.02 Å². The highest BCUT2D eigenvalue weighted by Crippen LogP contribution is 2.36. The molecule has 1 aliphatic heterocycles. The van der Waals surface area contributed by atoms with Crippen LogP contribution in [0.5, 0.6) is 0 Å². The van der Waals surface area contributed by atoms with Crippen LogP contribution in [0.3, 0.4) is 0 Å². The predicted octanol–water partition coefficient (Wildman–Crippen LogP) is 3.20. The summed E-state index contributed by atoms with van der Waals surface area (Å²) in [4.78, 5) is 2.11. The SMILES string of the molecule is Fc1cccc(Cl)c1N1CCNC2(CCCC2)C1. The number of benzene rings is 1. The van der Waals surface area contributed by atoms with Gasteiger partial charge in [-0.25, -0.2) is 4.39 Å². The van der Waals surface area contributed by atoms with Gasteiger partial charge in [0.15, 0.2) is 0 Å². The monoisotopic (exact) mass is 268 g/mol. The summed E-state index contributed by atoms with van der Waals surface area (Å²) in [6, 6.07) is 4.92. The number of nitrogens with zero attached hydrogens (tertiary/aromatic N) is 1. The number of para-hydroxylation sites is 1. The molecule has 0 bridgehead atoms. The van der Waals surface area contributed by atoms with E-state index in [1.807, 2.05) is 0 Å². The van der Waals surface area contributed by atoms with Gasteiger partial charge in [-0.15, -0.1) is 0 Å². The van der Waals surface area contributed by atoms with Gasteiger partial charge < -0.3 is 10.2 Å². The lowest BCUT2D eigenvalue weighted by Gasteiger charge is -2.43. The first-order chi connectivity index (χ1) is 8.70. The van der Waals surface area contributed by atoms with Gasteiger partial charge in [0.1, 0.15) is 5.82 Å². The van der Waals surface area contributed by atoms with Crippen molar-refractivity contribution >= 4 is 17.3 Å². The van der Waals surface area contributed by atoms with Crippen LogP contribution in [0.1, 0.15) is 25.7 Å². The Balaban J connectivity index is 1.88. The first-order valence-electron chi connectivity index (χ1n) is 6.64. The molecule has 3 rings (SSSR count). The summed E-state index contributed by atoms with van der Waals surface area (Å²) < 4.78 is 14.0. The molecule has 1 N–H and O–H groups in total. The zero-order chi connectivity index (χ0) is 12.6. The maximum absolute atomic E-state index is 14.0. The summed E-state index contributed by atoms with van der Waals surface area (Å²) in [5, 5.41) is 4.14. The fraction of sp³-hybridized carbons (Fsp3) is 0.571. The molecule has 0 unspecified atom stereocenters. The number of nitrogens with one attached hydrogen (secondary N) is 1. The lowest BCUT2D eigenvalue weighted by molar-refractivity contribution is 0.302. The van der Waals surface area contributed by atoms with Crippen molar-refractivity contribution in [2.45, 2.75) is 31.2 Å². The molecule has 0 atom stereocenters. The second-order valence-corrected chi connectivity index (χ2v) is 5.81. The summed E-state index contributed by atoms with van der Waals surface area (Å²) in [6.07, 6.45) is 4.92. The number of hydrogen-bond acceptors (Lipinski definition) is 2. The summed E-state index contributed by atoms with van der Waals surface area (Å²) in [5.74, 6) is -0.211. The molecule has 1 aliphatic carbocycles. The molecule has 0 aromatic heterocycles. The van der Waals surface area contributed by atoms with Crippen molar-refractivity contribution in [2.75, 3.05) is 24.5 Å². The highest BCUT2D eigenvalue weighted by atomic mass is 35.5. The van der Waals surface area contributed by atoms with Crippen molar-refractivity contribution in [2.24, 2.45) is 0 Å². The summed E-state index contributed by atoms with van der Waals surface area (Å²) in [6.45, 7) is 2.60. The Morgan fingerprint density at radius 3 is 2.78 bits per heavy atom. The molecule has 2 fully saturated rings. The van der Waals surface area contributed by atoms with Gasteiger partial charge >= 0.3 is 0 Å². The van der Waals surface area contributed by atoms with E-state index in [9.17, 15) is 4.39 Å². The molecule has 0 radical (unpaired) electrons. The molecule has 2 aliphatic rings. The van der Waals surface area contributed by atoms with Gasteiger partial charge in [-0.05, 0) is 25.0 Å². The maximum Gasteiger partial charge on any atom is 0.148 e. The van der Waals surface area contributed by atoms with E-state index in [-0.39, 0.29) is 11.4 Å². The van der Waals surface area contributed by atoms with Crippen molar-refractivity contribution in [3.63, 3.8) is 0 Å². The third-order valence-corrected chi connectivity index (χ3v) is 4.49. The molecular weight excluding hydrogens is 251 g/mol. The van der Waals surface area contributed by atoms with Crippen LogP contribution in [0.15, 0.2) is 18.2 Å². The maximum atomic E-state index is 14.0. The predicted molar refractivity (Wildman–Crippen MR) is 72.8 cm³/mol. The van der Waals surface area contributed by atoms with Gasteiger partial charge in [-0.3, -0.25) is 0 Å². The first kappa shape index (κ1) is 12.2. The minimum absolute atomic E-state index is 0.184. The minimum atomic E-state index is -0.211. The number of halogens is 2. The molecule has 1 saturated carbocycles. The molecule has 18 heavy (non-hydrogen) atoms. The number of anilines is 1. The summed E-state index contributed by atoms with van der Waals surface area (Å²) in [7, 11) is 0. The number of rotatable bonds is 1. The van der Waals surface area contributed by atoms with E-state index < -0.39 is 0 Å². The lowest BCUT2D eigenvalue weighted by Crippen LogP contribution is -2.59. The van der Waals surface area contributed by atoms with Crippen LogP contribution >= 0.6 is 11.6 Å². The molecule has 2 nitrogen and oxygen atoms in total. The smallest absolute Gasteiger partial charge is 0.148 e. The Kier molecular flexibility index (Phi) is 3.20. The van der Waals surface area contributed by atoms with E-state index in [0.717, 1.165) is 19.6 Å². The molecule has 4 heteroatoms. The molecule has 1 aromatic carbocycles. The van der Waals surface area contributed by atoms with Gasteiger partial charge in [0.25, 0.3) is 0 Å². The van der Waals surface area contributed by atoms with Gasteiger partial charge in [0.05, 0.1) is 10.7 Å².